The highest BCUT2D eigenvalue weighted by Gasteiger charge is 2.74. The van der Waals surface area contributed by atoms with Gasteiger partial charge in [0.25, 0.3) is 5.60 Å². The van der Waals surface area contributed by atoms with E-state index in [0.29, 0.717) is 11.3 Å². The number of imide groups is 1. The number of amides is 2. The molecule has 2 fully saturated rings. The van der Waals surface area contributed by atoms with Crippen molar-refractivity contribution in [3.63, 3.8) is 0 Å². The lowest BCUT2D eigenvalue weighted by Crippen LogP contribution is -2.56. The lowest BCUT2D eigenvalue weighted by atomic mass is 9.79. The van der Waals surface area contributed by atoms with Crippen molar-refractivity contribution in [3.05, 3.63) is 66.2 Å². The van der Waals surface area contributed by atoms with Gasteiger partial charge in [0.1, 0.15) is 5.92 Å². The van der Waals surface area contributed by atoms with Gasteiger partial charge in [-0.25, -0.2) is 14.5 Å². The average molecular weight is 409 g/mol. The maximum atomic E-state index is 13.4. The molecular weight excluding hydrogens is 390 g/mol. The van der Waals surface area contributed by atoms with Crippen molar-refractivity contribution in [2.75, 3.05) is 19.1 Å². The Morgan fingerprint density at radius 2 is 1.40 bits per heavy atom. The third-order valence-corrected chi connectivity index (χ3v) is 5.55. The summed E-state index contributed by atoms with van der Waals surface area (Å²) in [6, 6.07) is 17.0. The first-order valence-corrected chi connectivity index (χ1v) is 9.29. The van der Waals surface area contributed by atoms with E-state index in [1.807, 2.05) is 0 Å². The van der Waals surface area contributed by atoms with Gasteiger partial charge < -0.3 is 14.2 Å². The van der Waals surface area contributed by atoms with Crippen LogP contribution in [-0.4, -0.2) is 43.6 Å². The van der Waals surface area contributed by atoms with Crippen LogP contribution in [0.5, 0.6) is 0 Å². The molecule has 0 spiro atoms. The van der Waals surface area contributed by atoms with E-state index < -0.39 is 47.3 Å². The molecule has 0 radical (unpaired) electrons. The number of fused-ring (bicyclic) bond motifs is 1. The molecule has 154 valence electrons. The number of nitrogens with zero attached hydrogens (tertiary/aromatic N) is 1. The molecule has 2 amide bonds. The molecular formula is C22H19NO7. The van der Waals surface area contributed by atoms with Gasteiger partial charge in [-0.05, 0) is 17.7 Å². The predicted octanol–water partition coefficient (Wildman–Crippen LogP) is 1.65. The van der Waals surface area contributed by atoms with Crippen molar-refractivity contribution < 1.29 is 33.4 Å². The van der Waals surface area contributed by atoms with Crippen LogP contribution in [0.25, 0.3) is 0 Å². The van der Waals surface area contributed by atoms with Gasteiger partial charge in [-0.2, -0.15) is 0 Å². The monoisotopic (exact) mass is 409 g/mol. The zero-order chi connectivity index (χ0) is 21.5. The normalized spacial score (nSPS) is 24.5. The summed E-state index contributed by atoms with van der Waals surface area (Å²) in [5.74, 6) is -5.96. The third kappa shape index (κ3) is 2.64. The molecule has 3 unspecified atom stereocenters. The highest BCUT2D eigenvalue weighted by atomic mass is 16.6. The van der Waals surface area contributed by atoms with E-state index in [0.717, 1.165) is 19.1 Å². The standard InChI is InChI=1S/C22H19NO7/c1-28-20(26)22(21(27)29-2)16-15(17(30-22)13-9-5-3-6-10-13)18(24)23(19(16)25)14-11-7-4-8-12-14/h3-12,15-17H,1-2H3. The first kappa shape index (κ1) is 19.8. The summed E-state index contributed by atoms with van der Waals surface area (Å²) >= 11 is 0. The number of carbonyl (C=O) groups is 4. The molecule has 8 heteroatoms. The molecule has 2 aromatic rings. The second-order valence-electron chi connectivity index (χ2n) is 7.02. The molecule has 30 heavy (non-hydrogen) atoms. The summed E-state index contributed by atoms with van der Waals surface area (Å²) in [6.07, 6.45) is -1.01. The van der Waals surface area contributed by atoms with Gasteiger partial charge >= 0.3 is 11.9 Å². The molecule has 4 rings (SSSR count). The number of ether oxygens (including phenoxy) is 3. The molecule has 2 aromatic carbocycles. The van der Waals surface area contributed by atoms with Crippen molar-refractivity contribution in [3.8, 4) is 0 Å². The van der Waals surface area contributed by atoms with Crippen LogP contribution in [-0.2, 0) is 33.4 Å². The van der Waals surface area contributed by atoms with Gasteiger partial charge in [-0.3, -0.25) is 9.59 Å². The predicted molar refractivity (Wildman–Crippen MR) is 103 cm³/mol. The van der Waals surface area contributed by atoms with Crippen LogP contribution in [0, 0.1) is 11.8 Å². The first-order chi connectivity index (χ1) is 14.5. The van der Waals surface area contributed by atoms with Crippen molar-refractivity contribution >= 4 is 29.4 Å². The minimum Gasteiger partial charge on any atom is -0.466 e. The second-order valence-corrected chi connectivity index (χ2v) is 7.02. The van der Waals surface area contributed by atoms with Crippen molar-refractivity contribution in [2.24, 2.45) is 11.8 Å². The molecule has 0 aliphatic carbocycles. The number of rotatable bonds is 4. The number of anilines is 1. The fraction of sp³-hybridized carbons (Fsp3) is 0.273. The van der Waals surface area contributed by atoms with Crippen LogP contribution in [0.1, 0.15) is 11.7 Å². The van der Waals surface area contributed by atoms with Crippen LogP contribution in [0.4, 0.5) is 5.69 Å². The van der Waals surface area contributed by atoms with Gasteiger partial charge in [-0.15, -0.1) is 0 Å². The summed E-state index contributed by atoms with van der Waals surface area (Å²) in [5, 5.41) is 0. The van der Waals surface area contributed by atoms with Gasteiger partial charge in [0.05, 0.1) is 31.9 Å². The average Bonchev–Trinajstić information content (AvgIpc) is 3.28. The van der Waals surface area contributed by atoms with Crippen molar-refractivity contribution in [2.45, 2.75) is 11.7 Å². The molecule has 2 saturated heterocycles. The number of hydrogen-bond donors (Lipinski definition) is 0. The number of benzene rings is 2. The van der Waals surface area contributed by atoms with E-state index in [2.05, 4.69) is 0 Å². The molecule has 2 heterocycles. The summed E-state index contributed by atoms with van der Waals surface area (Å²) in [4.78, 5) is 53.5. The second kappa shape index (κ2) is 7.38. The van der Waals surface area contributed by atoms with Gasteiger partial charge in [0, 0.05) is 0 Å². The Morgan fingerprint density at radius 1 is 0.867 bits per heavy atom. The topological polar surface area (TPSA) is 99.2 Å². The molecule has 3 atom stereocenters. The van der Waals surface area contributed by atoms with E-state index in [-0.39, 0.29) is 0 Å². The number of para-hydroxylation sites is 1. The van der Waals surface area contributed by atoms with Crippen LogP contribution in [0.2, 0.25) is 0 Å². The summed E-state index contributed by atoms with van der Waals surface area (Å²) in [6.45, 7) is 0. The summed E-state index contributed by atoms with van der Waals surface area (Å²) in [7, 11) is 2.16. The maximum Gasteiger partial charge on any atom is 0.350 e. The Hall–Kier alpha value is -3.52. The lowest BCUT2D eigenvalue weighted by Gasteiger charge is -2.28. The zero-order valence-electron chi connectivity index (χ0n) is 16.3. The fourth-order valence-electron chi connectivity index (χ4n) is 4.26. The van der Waals surface area contributed by atoms with Gasteiger partial charge in [0.2, 0.25) is 11.8 Å². The Morgan fingerprint density at radius 3 is 1.93 bits per heavy atom. The van der Waals surface area contributed by atoms with Crippen LogP contribution in [0.3, 0.4) is 0 Å². The number of carbonyl (C=O) groups excluding carboxylic acids is 4. The van der Waals surface area contributed by atoms with Gasteiger partial charge in [-0.1, -0.05) is 48.5 Å². The molecule has 2 aliphatic rings. The fourth-order valence-corrected chi connectivity index (χ4v) is 4.26. The minimum atomic E-state index is -2.38. The Balaban J connectivity index is 1.91. The van der Waals surface area contributed by atoms with Crippen molar-refractivity contribution in [1.29, 1.82) is 0 Å². The van der Waals surface area contributed by atoms with E-state index in [1.54, 1.807) is 60.7 Å². The number of hydrogen-bond acceptors (Lipinski definition) is 7. The number of esters is 2. The minimum absolute atomic E-state index is 0.345. The maximum absolute atomic E-state index is 13.4. The van der Waals surface area contributed by atoms with Crippen LogP contribution < -0.4 is 4.90 Å². The highest BCUT2D eigenvalue weighted by molar-refractivity contribution is 6.26. The van der Waals surface area contributed by atoms with Crippen molar-refractivity contribution in [1.82, 2.24) is 0 Å². The quantitative estimate of drug-likeness (QED) is 0.430. The number of methoxy groups -OCH3 is 2. The molecule has 0 aromatic heterocycles. The van der Waals surface area contributed by atoms with E-state index in [9.17, 15) is 19.2 Å². The Bertz CT molecular complexity index is 989. The molecule has 2 aliphatic heterocycles. The Labute approximate surface area is 172 Å². The SMILES string of the molecule is COC(=O)C1(C(=O)OC)OC(c2ccccc2)C2C(=O)N(c3ccccc3)C(=O)C21. The molecule has 8 nitrogen and oxygen atoms in total. The zero-order valence-corrected chi connectivity index (χ0v) is 16.3. The smallest absolute Gasteiger partial charge is 0.350 e. The molecule has 0 saturated carbocycles. The van der Waals surface area contributed by atoms with E-state index in [4.69, 9.17) is 14.2 Å². The Kier molecular flexibility index (Phi) is 4.87. The van der Waals surface area contributed by atoms with Crippen LogP contribution in [0.15, 0.2) is 60.7 Å². The lowest BCUT2D eigenvalue weighted by molar-refractivity contribution is -0.191. The van der Waals surface area contributed by atoms with Gasteiger partial charge in [0.15, 0.2) is 0 Å². The largest absolute Gasteiger partial charge is 0.466 e. The summed E-state index contributed by atoms with van der Waals surface area (Å²) in [5.41, 5.74) is -1.49. The third-order valence-electron chi connectivity index (χ3n) is 5.55. The van der Waals surface area contributed by atoms with E-state index in [1.165, 1.54) is 0 Å². The molecule has 0 N–H and O–H groups in total. The summed E-state index contributed by atoms with van der Waals surface area (Å²) < 4.78 is 15.6. The first-order valence-electron chi connectivity index (χ1n) is 9.29. The highest BCUT2D eigenvalue weighted by Crippen LogP contribution is 2.54. The van der Waals surface area contributed by atoms with Crippen LogP contribution >= 0.6 is 0 Å². The molecule has 0 bridgehead atoms. The van der Waals surface area contributed by atoms with E-state index >= 15 is 0 Å².